The van der Waals surface area contributed by atoms with Crippen molar-refractivity contribution in [2.75, 3.05) is 0 Å². The molecule has 0 heterocycles. The van der Waals surface area contributed by atoms with Gasteiger partial charge in [-0.3, -0.25) is 4.79 Å². The van der Waals surface area contributed by atoms with Crippen molar-refractivity contribution in [3.05, 3.63) is 29.8 Å². The molecule has 12 heavy (non-hydrogen) atoms. The zero-order valence-electron chi connectivity index (χ0n) is 6.61. The Bertz CT molecular complexity index is 307. The van der Waals surface area contributed by atoms with Gasteiger partial charge in [0.1, 0.15) is 5.75 Å². The lowest BCUT2D eigenvalue weighted by Crippen LogP contribution is -1.93. The summed E-state index contributed by atoms with van der Waals surface area (Å²) in [6.07, 6.45) is 0. The zero-order chi connectivity index (χ0) is 8.97. The SMILES string of the molecule is CC(=O)c1cccc(OC=S)c1. The summed E-state index contributed by atoms with van der Waals surface area (Å²) in [6, 6.07) is 6.89. The maximum absolute atomic E-state index is 10.9. The highest BCUT2D eigenvalue weighted by Gasteiger charge is 1.99. The number of hydrogen-bond donors (Lipinski definition) is 0. The third-order valence-corrected chi connectivity index (χ3v) is 1.52. The largest absolute Gasteiger partial charge is 0.454 e. The molecule has 1 aromatic carbocycles. The number of carbonyl (C=O) groups excluding carboxylic acids is 1. The standard InChI is InChI=1S/C9H8O2S/c1-7(10)8-3-2-4-9(5-8)11-6-12/h2-6H,1H3. The van der Waals surface area contributed by atoms with E-state index in [0.717, 1.165) is 0 Å². The highest BCUT2D eigenvalue weighted by atomic mass is 32.1. The van der Waals surface area contributed by atoms with Crippen LogP contribution in [0.3, 0.4) is 0 Å². The van der Waals surface area contributed by atoms with Crippen LogP contribution in [0, 0.1) is 0 Å². The van der Waals surface area contributed by atoms with E-state index in [1.165, 1.54) is 12.5 Å². The van der Waals surface area contributed by atoms with Gasteiger partial charge in [0.25, 0.3) is 0 Å². The van der Waals surface area contributed by atoms with Gasteiger partial charge in [0.05, 0.1) is 0 Å². The Balaban J connectivity index is 2.95. The highest BCUT2D eigenvalue weighted by Crippen LogP contribution is 2.12. The summed E-state index contributed by atoms with van der Waals surface area (Å²) in [4.78, 5) is 10.9. The molecule has 0 unspecified atom stereocenters. The quantitative estimate of drug-likeness (QED) is 0.527. The molecule has 0 radical (unpaired) electrons. The Kier molecular flexibility index (Phi) is 2.94. The minimum Gasteiger partial charge on any atom is -0.454 e. The van der Waals surface area contributed by atoms with Crippen LogP contribution in [0.1, 0.15) is 17.3 Å². The smallest absolute Gasteiger partial charge is 0.159 e. The third kappa shape index (κ3) is 2.13. The van der Waals surface area contributed by atoms with Crippen LogP contribution >= 0.6 is 12.2 Å². The van der Waals surface area contributed by atoms with Crippen molar-refractivity contribution in [1.29, 1.82) is 0 Å². The molecule has 1 rings (SSSR count). The van der Waals surface area contributed by atoms with Crippen LogP contribution in [0.4, 0.5) is 0 Å². The Morgan fingerprint density at radius 3 is 2.92 bits per heavy atom. The van der Waals surface area contributed by atoms with Crippen LogP contribution in [0.5, 0.6) is 5.75 Å². The molecule has 0 aliphatic rings. The first-order chi connectivity index (χ1) is 5.74. The van der Waals surface area contributed by atoms with Crippen LogP contribution in [0.2, 0.25) is 0 Å². The van der Waals surface area contributed by atoms with E-state index in [1.54, 1.807) is 24.3 Å². The molecular formula is C9H8O2S. The van der Waals surface area contributed by atoms with E-state index >= 15 is 0 Å². The van der Waals surface area contributed by atoms with Gasteiger partial charge in [-0.15, -0.1) is 0 Å². The van der Waals surface area contributed by atoms with Crippen molar-refractivity contribution < 1.29 is 9.53 Å². The number of thiocarbonyl (C=S) groups is 1. The summed E-state index contributed by atoms with van der Waals surface area (Å²) in [5.74, 6) is 0.613. The fourth-order valence-electron chi connectivity index (χ4n) is 0.844. The molecule has 0 saturated carbocycles. The second kappa shape index (κ2) is 3.97. The molecule has 0 aliphatic heterocycles. The number of rotatable bonds is 3. The molecule has 0 aliphatic carbocycles. The molecule has 0 saturated heterocycles. The van der Waals surface area contributed by atoms with Gasteiger partial charge in [0, 0.05) is 5.56 Å². The number of benzene rings is 1. The van der Waals surface area contributed by atoms with Gasteiger partial charge in [0.2, 0.25) is 0 Å². The molecule has 0 amide bonds. The minimum atomic E-state index is 0.0184. The van der Waals surface area contributed by atoms with E-state index < -0.39 is 0 Å². The van der Waals surface area contributed by atoms with Gasteiger partial charge in [-0.05, 0) is 31.3 Å². The van der Waals surface area contributed by atoms with Crippen LogP contribution in [-0.2, 0) is 0 Å². The Morgan fingerprint density at radius 1 is 1.58 bits per heavy atom. The minimum absolute atomic E-state index is 0.0184. The van der Waals surface area contributed by atoms with Gasteiger partial charge >= 0.3 is 0 Å². The van der Waals surface area contributed by atoms with E-state index in [-0.39, 0.29) is 5.78 Å². The normalized spacial score (nSPS) is 9.08. The van der Waals surface area contributed by atoms with E-state index in [9.17, 15) is 4.79 Å². The van der Waals surface area contributed by atoms with Crippen LogP contribution in [0.15, 0.2) is 24.3 Å². The molecule has 2 nitrogen and oxygen atoms in total. The number of hydrogen-bond acceptors (Lipinski definition) is 3. The van der Waals surface area contributed by atoms with E-state index in [2.05, 4.69) is 12.2 Å². The number of carbonyl (C=O) groups is 1. The van der Waals surface area contributed by atoms with Gasteiger partial charge in [0.15, 0.2) is 11.3 Å². The Morgan fingerprint density at radius 2 is 2.33 bits per heavy atom. The number of ketones is 1. The molecule has 1 aromatic rings. The van der Waals surface area contributed by atoms with Gasteiger partial charge in [-0.2, -0.15) is 0 Å². The van der Waals surface area contributed by atoms with Crippen molar-refractivity contribution in [3.8, 4) is 5.75 Å². The summed E-state index contributed by atoms with van der Waals surface area (Å²) < 4.78 is 4.93. The zero-order valence-corrected chi connectivity index (χ0v) is 7.43. The summed E-state index contributed by atoms with van der Waals surface area (Å²) in [6.45, 7) is 1.51. The number of Topliss-reactive ketones (excluding diaryl/α,β-unsaturated/α-hetero) is 1. The average Bonchev–Trinajstić information content (AvgIpc) is 2.05. The second-order valence-electron chi connectivity index (χ2n) is 2.30. The first kappa shape index (κ1) is 8.87. The fraction of sp³-hybridized carbons (Fsp3) is 0.111. The molecular weight excluding hydrogens is 172 g/mol. The van der Waals surface area contributed by atoms with Crippen molar-refractivity contribution in [1.82, 2.24) is 0 Å². The average molecular weight is 180 g/mol. The molecule has 0 spiro atoms. The monoisotopic (exact) mass is 180 g/mol. The molecule has 3 heteroatoms. The molecule has 0 bridgehead atoms. The van der Waals surface area contributed by atoms with Crippen LogP contribution in [0.25, 0.3) is 0 Å². The maximum atomic E-state index is 10.9. The van der Waals surface area contributed by atoms with Crippen LogP contribution < -0.4 is 4.74 Å². The molecule has 0 atom stereocenters. The Hall–Kier alpha value is -1.22. The third-order valence-electron chi connectivity index (χ3n) is 1.42. The predicted octanol–water partition coefficient (Wildman–Crippen LogP) is 2.23. The lowest BCUT2D eigenvalue weighted by Gasteiger charge is -1.99. The van der Waals surface area contributed by atoms with Gasteiger partial charge in [-0.25, -0.2) is 0 Å². The summed E-state index contributed by atoms with van der Waals surface area (Å²) in [5, 5.41) is 0. The van der Waals surface area contributed by atoms with Crippen molar-refractivity contribution >= 4 is 23.6 Å². The van der Waals surface area contributed by atoms with E-state index in [0.29, 0.717) is 11.3 Å². The lowest BCUT2D eigenvalue weighted by atomic mass is 10.1. The Labute approximate surface area is 76.2 Å². The maximum Gasteiger partial charge on any atom is 0.159 e. The first-order valence-corrected chi connectivity index (χ1v) is 3.92. The fourth-order valence-corrected chi connectivity index (χ4v) is 0.955. The predicted molar refractivity (Wildman–Crippen MR) is 50.7 cm³/mol. The second-order valence-corrected chi connectivity index (χ2v) is 2.49. The lowest BCUT2D eigenvalue weighted by molar-refractivity contribution is 0.101. The number of ether oxygens (including phenoxy) is 1. The molecule has 0 aromatic heterocycles. The first-order valence-electron chi connectivity index (χ1n) is 3.45. The molecule has 62 valence electrons. The van der Waals surface area contributed by atoms with Crippen LogP contribution in [-0.4, -0.2) is 11.3 Å². The van der Waals surface area contributed by atoms with Gasteiger partial charge in [-0.1, -0.05) is 12.1 Å². The van der Waals surface area contributed by atoms with Crippen molar-refractivity contribution in [3.63, 3.8) is 0 Å². The summed E-state index contributed by atoms with van der Waals surface area (Å²) in [7, 11) is 0. The summed E-state index contributed by atoms with van der Waals surface area (Å²) >= 11 is 4.51. The highest BCUT2D eigenvalue weighted by molar-refractivity contribution is 7.78. The van der Waals surface area contributed by atoms with E-state index in [4.69, 9.17) is 4.74 Å². The molecule has 0 N–H and O–H groups in total. The van der Waals surface area contributed by atoms with E-state index in [1.807, 2.05) is 0 Å². The summed E-state index contributed by atoms with van der Waals surface area (Å²) in [5.41, 5.74) is 1.79. The molecule has 0 fully saturated rings. The topological polar surface area (TPSA) is 26.3 Å². The van der Waals surface area contributed by atoms with Crippen molar-refractivity contribution in [2.24, 2.45) is 0 Å². The van der Waals surface area contributed by atoms with Crippen molar-refractivity contribution in [2.45, 2.75) is 6.92 Å². The van der Waals surface area contributed by atoms with Gasteiger partial charge < -0.3 is 4.74 Å².